The van der Waals surface area contributed by atoms with Gasteiger partial charge in [-0.15, -0.1) is 0 Å². The van der Waals surface area contributed by atoms with Crippen molar-refractivity contribution in [2.75, 3.05) is 6.61 Å². The zero-order valence-corrected chi connectivity index (χ0v) is 16.4. The lowest BCUT2D eigenvalue weighted by Gasteiger charge is -2.35. The van der Waals surface area contributed by atoms with Gasteiger partial charge < -0.3 is 14.5 Å². The van der Waals surface area contributed by atoms with Crippen LogP contribution in [0.4, 0.5) is 0 Å². The van der Waals surface area contributed by atoms with Crippen molar-refractivity contribution in [3.63, 3.8) is 0 Å². The number of carbonyl (C=O) groups is 2. The number of para-hydroxylation sites is 1. The molecule has 0 aliphatic heterocycles. The van der Waals surface area contributed by atoms with Crippen LogP contribution in [0.3, 0.4) is 0 Å². The smallest absolute Gasteiger partial charge is 0.331 e. The molecular formula is C24H25NO4. The van der Waals surface area contributed by atoms with E-state index in [-0.39, 0.29) is 17.6 Å². The van der Waals surface area contributed by atoms with Crippen molar-refractivity contribution in [3.8, 4) is 0 Å². The average molecular weight is 391 g/mol. The first-order valence-corrected chi connectivity index (χ1v) is 10.2. The Bertz CT molecular complexity index is 953. The van der Waals surface area contributed by atoms with Gasteiger partial charge in [-0.3, -0.25) is 4.79 Å². The monoisotopic (exact) mass is 391 g/mol. The van der Waals surface area contributed by atoms with Crippen molar-refractivity contribution in [2.24, 2.45) is 0 Å². The lowest BCUT2D eigenvalue weighted by molar-refractivity contribution is -0.152. The molecule has 1 amide bonds. The van der Waals surface area contributed by atoms with Gasteiger partial charge in [0.05, 0.1) is 6.61 Å². The molecule has 1 aromatic heterocycles. The van der Waals surface area contributed by atoms with Crippen LogP contribution in [0, 0.1) is 0 Å². The van der Waals surface area contributed by atoms with Gasteiger partial charge in [0.1, 0.15) is 11.1 Å². The summed E-state index contributed by atoms with van der Waals surface area (Å²) in [7, 11) is 0. The minimum atomic E-state index is -0.981. The zero-order valence-electron chi connectivity index (χ0n) is 16.4. The zero-order chi connectivity index (χ0) is 20.1. The number of hydrogen-bond donors (Lipinski definition) is 1. The first kappa shape index (κ1) is 19.2. The van der Waals surface area contributed by atoms with E-state index in [1.165, 1.54) is 0 Å². The van der Waals surface area contributed by atoms with Gasteiger partial charge >= 0.3 is 5.97 Å². The Morgan fingerprint density at radius 2 is 1.69 bits per heavy atom. The highest BCUT2D eigenvalue weighted by Gasteiger charge is 2.43. The van der Waals surface area contributed by atoms with Crippen LogP contribution in [0.25, 0.3) is 11.0 Å². The lowest BCUT2D eigenvalue weighted by Crippen LogP contribution is -2.56. The molecule has 1 aliphatic rings. The summed E-state index contributed by atoms with van der Waals surface area (Å²) in [5.74, 6) is -0.506. The molecule has 0 spiro atoms. The molecule has 5 nitrogen and oxygen atoms in total. The highest BCUT2D eigenvalue weighted by molar-refractivity contribution is 5.99. The summed E-state index contributed by atoms with van der Waals surface area (Å²) in [4.78, 5) is 25.9. The Morgan fingerprint density at radius 1 is 0.966 bits per heavy atom. The van der Waals surface area contributed by atoms with E-state index in [9.17, 15) is 9.59 Å². The maximum absolute atomic E-state index is 13.0. The molecule has 4 rings (SSSR count). The number of amides is 1. The third-order valence-electron chi connectivity index (χ3n) is 5.57. The molecule has 0 atom stereocenters. The van der Waals surface area contributed by atoms with E-state index in [2.05, 4.69) is 5.32 Å². The van der Waals surface area contributed by atoms with Gasteiger partial charge in [-0.2, -0.15) is 0 Å². The Balaban J connectivity index is 1.45. The van der Waals surface area contributed by atoms with E-state index in [0.29, 0.717) is 31.5 Å². The summed E-state index contributed by atoms with van der Waals surface area (Å²) >= 11 is 0. The maximum Gasteiger partial charge on any atom is 0.331 e. The Morgan fingerprint density at radius 3 is 2.45 bits per heavy atom. The number of carbonyl (C=O) groups excluding carboxylic acids is 2. The second-order valence-electron chi connectivity index (χ2n) is 7.62. The number of furan rings is 1. The van der Waals surface area contributed by atoms with Gasteiger partial charge in [0.25, 0.3) is 5.91 Å². The first-order chi connectivity index (χ1) is 14.2. The third-order valence-corrected chi connectivity index (χ3v) is 5.57. The van der Waals surface area contributed by atoms with E-state index < -0.39 is 5.54 Å². The van der Waals surface area contributed by atoms with Gasteiger partial charge in [-0.25, -0.2) is 4.79 Å². The number of benzene rings is 2. The van der Waals surface area contributed by atoms with Crippen LogP contribution in [0.5, 0.6) is 0 Å². The fraction of sp³-hybridized carbons (Fsp3) is 0.333. The highest BCUT2D eigenvalue weighted by atomic mass is 16.5. The molecule has 2 aromatic carbocycles. The number of esters is 1. The van der Waals surface area contributed by atoms with Crippen molar-refractivity contribution in [3.05, 3.63) is 72.0 Å². The fourth-order valence-corrected chi connectivity index (χ4v) is 3.95. The molecule has 0 saturated heterocycles. The van der Waals surface area contributed by atoms with Crippen molar-refractivity contribution in [2.45, 2.75) is 44.1 Å². The molecular weight excluding hydrogens is 366 g/mol. The van der Waals surface area contributed by atoms with E-state index in [1.807, 2.05) is 54.6 Å². The van der Waals surface area contributed by atoms with Gasteiger partial charge in [0.2, 0.25) is 0 Å². The van der Waals surface area contributed by atoms with Crippen LogP contribution in [-0.2, 0) is 16.0 Å². The number of fused-ring (bicyclic) bond motifs is 1. The topological polar surface area (TPSA) is 68.5 Å². The summed E-state index contributed by atoms with van der Waals surface area (Å²) < 4.78 is 11.3. The molecule has 1 heterocycles. The lowest BCUT2D eigenvalue weighted by atomic mass is 9.81. The minimum Gasteiger partial charge on any atom is -0.464 e. The van der Waals surface area contributed by atoms with Crippen LogP contribution in [0.2, 0.25) is 0 Å². The second kappa shape index (κ2) is 8.52. The van der Waals surface area contributed by atoms with E-state index >= 15 is 0 Å². The van der Waals surface area contributed by atoms with Crippen molar-refractivity contribution >= 4 is 22.8 Å². The molecule has 1 saturated carbocycles. The SMILES string of the molecule is O=C(NC1(C(=O)OCCc2ccccc2)CCCCC1)c1cc2ccccc2o1. The Hall–Kier alpha value is -3.08. The van der Waals surface area contributed by atoms with Crippen LogP contribution < -0.4 is 5.32 Å². The van der Waals surface area contributed by atoms with Gasteiger partial charge in [-0.1, -0.05) is 67.8 Å². The van der Waals surface area contributed by atoms with Crippen molar-refractivity contribution in [1.29, 1.82) is 0 Å². The second-order valence-corrected chi connectivity index (χ2v) is 7.62. The molecule has 1 fully saturated rings. The maximum atomic E-state index is 13.0. The molecule has 0 bridgehead atoms. The minimum absolute atomic E-state index is 0.216. The molecule has 5 heteroatoms. The van der Waals surface area contributed by atoms with E-state index in [4.69, 9.17) is 9.15 Å². The molecule has 0 unspecified atom stereocenters. The fourth-order valence-electron chi connectivity index (χ4n) is 3.95. The predicted octanol–water partition coefficient (Wildman–Crippen LogP) is 4.65. The van der Waals surface area contributed by atoms with E-state index in [1.54, 1.807) is 6.07 Å². The molecule has 29 heavy (non-hydrogen) atoms. The van der Waals surface area contributed by atoms with Crippen LogP contribution in [0.1, 0.15) is 48.2 Å². The third kappa shape index (κ3) is 4.34. The Kier molecular flexibility index (Phi) is 5.65. The summed E-state index contributed by atoms with van der Waals surface area (Å²) in [5.41, 5.74) is 0.787. The number of rotatable bonds is 6. The standard InChI is InChI=1S/C24H25NO4/c26-22(21-17-19-11-5-6-12-20(19)29-21)25-24(14-7-2-8-15-24)23(27)28-16-13-18-9-3-1-4-10-18/h1,3-6,9-12,17H,2,7-8,13-16H2,(H,25,26). The summed E-state index contributed by atoms with van der Waals surface area (Å²) in [5, 5.41) is 3.81. The Labute approximate surface area is 170 Å². The number of ether oxygens (including phenoxy) is 1. The summed E-state index contributed by atoms with van der Waals surface area (Å²) in [6.45, 7) is 0.297. The molecule has 1 N–H and O–H groups in total. The summed E-state index contributed by atoms with van der Waals surface area (Å²) in [6, 6.07) is 19.1. The van der Waals surface area contributed by atoms with Crippen molar-refractivity contribution in [1.82, 2.24) is 5.32 Å². The largest absolute Gasteiger partial charge is 0.464 e. The predicted molar refractivity (Wildman–Crippen MR) is 111 cm³/mol. The molecule has 3 aromatic rings. The number of nitrogens with one attached hydrogen (secondary N) is 1. The van der Waals surface area contributed by atoms with Crippen molar-refractivity contribution < 1.29 is 18.7 Å². The van der Waals surface area contributed by atoms with Crippen LogP contribution in [-0.4, -0.2) is 24.0 Å². The normalized spacial score (nSPS) is 15.7. The molecule has 1 aliphatic carbocycles. The average Bonchev–Trinajstić information content (AvgIpc) is 3.20. The molecule has 150 valence electrons. The number of hydrogen-bond acceptors (Lipinski definition) is 4. The molecule has 0 radical (unpaired) electrons. The quantitative estimate of drug-likeness (QED) is 0.621. The van der Waals surface area contributed by atoms with Gasteiger partial charge in [-0.05, 0) is 30.5 Å². The van der Waals surface area contributed by atoms with E-state index in [0.717, 1.165) is 30.2 Å². The van der Waals surface area contributed by atoms with Crippen LogP contribution >= 0.6 is 0 Å². The van der Waals surface area contributed by atoms with Gasteiger partial charge in [0.15, 0.2) is 5.76 Å². The van der Waals surface area contributed by atoms with Gasteiger partial charge in [0, 0.05) is 11.8 Å². The first-order valence-electron chi connectivity index (χ1n) is 10.2. The summed E-state index contributed by atoms with van der Waals surface area (Å²) in [6.07, 6.45) is 4.65. The highest BCUT2D eigenvalue weighted by Crippen LogP contribution is 2.30. The van der Waals surface area contributed by atoms with Crippen LogP contribution in [0.15, 0.2) is 65.1 Å².